The van der Waals surface area contributed by atoms with Gasteiger partial charge >= 0.3 is 0 Å². The zero-order valence-corrected chi connectivity index (χ0v) is 16.5. The summed E-state index contributed by atoms with van der Waals surface area (Å²) < 4.78 is 1.78. The van der Waals surface area contributed by atoms with Crippen molar-refractivity contribution in [3.63, 3.8) is 0 Å². The van der Waals surface area contributed by atoms with Crippen LogP contribution in [0.15, 0.2) is 54.6 Å². The van der Waals surface area contributed by atoms with Crippen LogP contribution in [-0.2, 0) is 11.3 Å². The van der Waals surface area contributed by atoms with E-state index in [4.69, 9.17) is 11.6 Å². The molecule has 0 unspecified atom stereocenters. The van der Waals surface area contributed by atoms with Gasteiger partial charge in [-0.2, -0.15) is 5.10 Å². The summed E-state index contributed by atoms with van der Waals surface area (Å²) in [6.45, 7) is 4.89. The van der Waals surface area contributed by atoms with E-state index in [1.165, 1.54) is 0 Å². The first kappa shape index (κ1) is 19.1. The first-order valence-corrected chi connectivity index (χ1v) is 9.15. The van der Waals surface area contributed by atoms with Crippen molar-refractivity contribution in [2.45, 2.75) is 20.4 Å². The van der Waals surface area contributed by atoms with E-state index in [1.54, 1.807) is 4.68 Å². The Balaban J connectivity index is 1.67. The summed E-state index contributed by atoms with van der Waals surface area (Å²) >= 11 is 5.92. The van der Waals surface area contributed by atoms with Crippen molar-refractivity contribution in [1.29, 1.82) is 0 Å². The van der Waals surface area contributed by atoms with Crippen LogP contribution < -0.4 is 5.32 Å². The number of para-hydroxylation sites is 1. The minimum Gasteiger partial charge on any atom is -0.309 e. The number of hydrogen-bond acceptors (Lipinski definition) is 3. The average Bonchev–Trinajstić information content (AvgIpc) is 2.97. The van der Waals surface area contributed by atoms with Gasteiger partial charge in [0.25, 0.3) is 0 Å². The van der Waals surface area contributed by atoms with Gasteiger partial charge in [0.05, 0.1) is 17.9 Å². The lowest BCUT2D eigenvalue weighted by atomic mass is 10.2. The molecule has 5 nitrogen and oxygen atoms in total. The van der Waals surface area contributed by atoms with Crippen molar-refractivity contribution in [1.82, 2.24) is 14.7 Å². The molecule has 6 heteroatoms. The lowest BCUT2D eigenvalue weighted by molar-refractivity contribution is -0.117. The number of aryl methyl sites for hydroxylation is 2. The van der Waals surface area contributed by atoms with E-state index in [2.05, 4.69) is 10.4 Å². The van der Waals surface area contributed by atoms with Gasteiger partial charge in [0, 0.05) is 17.6 Å². The predicted molar refractivity (Wildman–Crippen MR) is 109 cm³/mol. The molecule has 1 aromatic heterocycles. The number of aromatic nitrogens is 2. The van der Waals surface area contributed by atoms with E-state index >= 15 is 0 Å². The number of carbonyl (C=O) groups is 1. The SMILES string of the molecule is Cc1cc(NC(=O)CN(C)Cc2ccc(Cl)cc2)n(-c2ccccc2C)n1. The van der Waals surface area contributed by atoms with Crippen LogP contribution in [0.5, 0.6) is 0 Å². The van der Waals surface area contributed by atoms with Crippen LogP contribution >= 0.6 is 11.6 Å². The van der Waals surface area contributed by atoms with Gasteiger partial charge in [-0.05, 0) is 50.2 Å². The highest BCUT2D eigenvalue weighted by Crippen LogP contribution is 2.20. The molecule has 0 saturated carbocycles. The van der Waals surface area contributed by atoms with E-state index in [-0.39, 0.29) is 12.5 Å². The zero-order valence-electron chi connectivity index (χ0n) is 15.7. The summed E-state index contributed by atoms with van der Waals surface area (Å²) in [6.07, 6.45) is 0. The second-order valence-corrected chi connectivity index (χ2v) is 7.15. The lowest BCUT2D eigenvalue weighted by Crippen LogP contribution is -2.30. The molecule has 1 N–H and O–H groups in total. The van der Waals surface area contributed by atoms with Crippen molar-refractivity contribution < 1.29 is 4.79 Å². The Kier molecular flexibility index (Phi) is 5.94. The number of hydrogen-bond donors (Lipinski definition) is 1. The predicted octanol–water partition coefficient (Wildman–Crippen LogP) is 4.21. The molecule has 0 radical (unpaired) electrons. The summed E-state index contributed by atoms with van der Waals surface area (Å²) in [5, 5.41) is 8.21. The minimum absolute atomic E-state index is 0.0822. The smallest absolute Gasteiger partial charge is 0.239 e. The highest BCUT2D eigenvalue weighted by molar-refractivity contribution is 6.30. The molecule has 0 saturated heterocycles. The summed E-state index contributed by atoms with van der Waals surface area (Å²) in [4.78, 5) is 14.5. The van der Waals surface area contributed by atoms with Gasteiger partial charge < -0.3 is 5.32 Å². The Morgan fingerprint density at radius 3 is 2.56 bits per heavy atom. The highest BCUT2D eigenvalue weighted by atomic mass is 35.5. The fourth-order valence-corrected chi connectivity index (χ4v) is 3.08. The quantitative estimate of drug-likeness (QED) is 0.694. The Labute approximate surface area is 164 Å². The third kappa shape index (κ3) is 4.96. The lowest BCUT2D eigenvalue weighted by Gasteiger charge is -2.17. The number of anilines is 1. The van der Waals surface area contributed by atoms with E-state index in [1.807, 2.05) is 80.4 Å². The molecule has 3 rings (SSSR count). The largest absolute Gasteiger partial charge is 0.309 e. The Bertz CT molecular complexity index is 934. The van der Waals surface area contributed by atoms with Crippen LogP contribution in [0.4, 0.5) is 5.82 Å². The molecule has 0 atom stereocenters. The van der Waals surface area contributed by atoms with Gasteiger partial charge in [0.2, 0.25) is 5.91 Å². The third-order valence-electron chi connectivity index (χ3n) is 4.22. The van der Waals surface area contributed by atoms with Crippen molar-refractivity contribution in [2.75, 3.05) is 18.9 Å². The molecule has 0 aliphatic heterocycles. The van der Waals surface area contributed by atoms with Gasteiger partial charge in [0.15, 0.2) is 0 Å². The molecule has 1 heterocycles. The molecule has 140 valence electrons. The van der Waals surface area contributed by atoms with E-state index in [9.17, 15) is 4.79 Å². The second-order valence-electron chi connectivity index (χ2n) is 6.72. The molecule has 0 fully saturated rings. The minimum atomic E-state index is -0.0822. The number of likely N-dealkylation sites (N-methyl/N-ethyl adjacent to an activating group) is 1. The zero-order chi connectivity index (χ0) is 19.4. The van der Waals surface area contributed by atoms with Crippen LogP contribution in [0, 0.1) is 13.8 Å². The van der Waals surface area contributed by atoms with Crippen LogP contribution in [-0.4, -0.2) is 34.2 Å². The number of benzene rings is 2. The van der Waals surface area contributed by atoms with Crippen molar-refractivity contribution in [2.24, 2.45) is 0 Å². The fraction of sp³-hybridized carbons (Fsp3) is 0.238. The number of carbonyl (C=O) groups excluding carboxylic acids is 1. The molecule has 3 aromatic rings. The van der Waals surface area contributed by atoms with Crippen LogP contribution in [0.1, 0.15) is 16.8 Å². The topological polar surface area (TPSA) is 50.2 Å². The molecule has 27 heavy (non-hydrogen) atoms. The van der Waals surface area contributed by atoms with E-state index in [0.29, 0.717) is 17.4 Å². The van der Waals surface area contributed by atoms with Crippen LogP contribution in [0.3, 0.4) is 0 Å². The molecular formula is C21H23ClN4O. The van der Waals surface area contributed by atoms with Gasteiger partial charge in [-0.1, -0.05) is 41.9 Å². The standard InChI is InChI=1S/C21H23ClN4O/c1-15-6-4-5-7-19(15)26-20(12-16(2)24-26)23-21(27)14-25(3)13-17-8-10-18(22)11-9-17/h4-12H,13-14H2,1-3H3,(H,23,27). The van der Waals surface area contributed by atoms with Crippen molar-refractivity contribution in [3.05, 3.63) is 76.4 Å². The molecule has 0 aliphatic rings. The molecule has 2 aromatic carbocycles. The Morgan fingerprint density at radius 1 is 1.15 bits per heavy atom. The van der Waals surface area contributed by atoms with Crippen LogP contribution in [0.2, 0.25) is 5.02 Å². The molecule has 0 aliphatic carbocycles. The molecule has 1 amide bonds. The van der Waals surface area contributed by atoms with Gasteiger partial charge in [-0.3, -0.25) is 9.69 Å². The average molecular weight is 383 g/mol. The highest BCUT2D eigenvalue weighted by Gasteiger charge is 2.14. The number of rotatable bonds is 6. The van der Waals surface area contributed by atoms with Gasteiger partial charge in [0.1, 0.15) is 5.82 Å². The summed E-state index contributed by atoms with van der Waals surface area (Å²) in [6, 6.07) is 17.5. The maximum absolute atomic E-state index is 12.5. The maximum atomic E-state index is 12.5. The van der Waals surface area contributed by atoms with Crippen molar-refractivity contribution >= 4 is 23.3 Å². The number of halogens is 1. The second kappa shape index (κ2) is 8.37. The summed E-state index contributed by atoms with van der Waals surface area (Å²) in [5.41, 5.74) is 4.00. The Morgan fingerprint density at radius 2 is 1.85 bits per heavy atom. The van der Waals surface area contributed by atoms with Gasteiger partial charge in [-0.15, -0.1) is 0 Å². The summed E-state index contributed by atoms with van der Waals surface area (Å²) in [5.74, 6) is 0.591. The Hall–Kier alpha value is -2.63. The number of nitrogens with zero attached hydrogens (tertiary/aromatic N) is 3. The molecular weight excluding hydrogens is 360 g/mol. The van der Waals surface area contributed by atoms with E-state index in [0.717, 1.165) is 22.5 Å². The van der Waals surface area contributed by atoms with E-state index < -0.39 is 0 Å². The third-order valence-corrected chi connectivity index (χ3v) is 4.47. The normalized spacial score (nSPS) is 11.0. The number of amides is 1. The first-order valence-electron chi connectivity index (χ1n) is 8.78. The van der Waals surface area contributed by atoms with Gasteiger partial charge in [-0.25, -0.2) is 4.68 Å². The molecule has 0 spiro atoms. The van der Waals surface area contributed by atoms with Crippen molar-refractivity contribution in [3.8, 4) is 5.69 Å². The molecule has 0 bridgehead atoms. The summed E-state index contributed by atoms with van der Waals surface area (Å²) in [7, 11) is 1.91. The monoisotopic (exact) mass is 382 g/mol. The number of nitrogens with one attached hydrogen (secondary N) is 1. The van der Waals surface area contributed by atoms with Crippen LogP contribution in [0.25, 0.3) is 5.69 Å². The fourth-order valence-electron chi connectivity index (χ4n) is 2.96. The maximum Gasteiger partial charge on any atom is 0.239 e. The first-order chi connectivity index (χ1) is 12.9.